The van der Waals surface area contributed by atoms with Crippen molar-refractivity contribution in [3.63, 3.8) is 0 Å². The van der Waals surface area contributed by atoms with Crippen LogP contribution in [-0.2, 0) is 4.84 Å². The van der Waals surface area contributed by atoms with Crippen LogP contribution in [0.2, 0.25) is 0 Å². The largest absolute Gasteiger partial charge is 0.493 e. The summed E-state index contributed by atoms with van der Waals surface area (Å²) < 4.78 is 39.9. The number of rotatable bonds is 15. The van der Waals surface area contributed by atoms with E-state index in [2.05, 4.69) is 15.8 Å². The lowest BCUT2D eigenvalue weighted by Crippen LogP contribution is -2.38. The van der Waals surface area contributed by atoms with E-state index < -0.39 is 0 Å². The summed E-state index contributed by atoms with van der Waals surface area (Å²) in [6, 6.07) is 20.9. The van der Waals surface area contributed by atoms with Gasteiger partial charge < -0.3 is 48.6 Å². The number of fused-ring (bicyclic) bond motifs is 1. The number of carbonyl (C=O) groups excluding carboxylic acids is 1. The number of aryl methyl sites for hydroxylation is 1. The van der Waals surface area contributed by atoms with Gasteiger partial charge in [-0.15, -0.1) is 0 Å². The summed E-state index contributed by atoms with van der Waals surface area (Å²) in [6.07, 6.45) is 1.36. The molecule has 0 bridgehead atoms. The third-order valence-corrected chi connectivity index (χ3v) is 8.80. The molecule has 268 valence electrons. The van der Waals surface area contributed by atoms with E-state index in [-0.39, 0.29) is 18.2 Å². The van der Waals surface area contributed by atoms with Crippen molar-refractivity contribution in [1.82, 2.24) is 5.32 Å². The smallest absolute Gasteiger partial charge is 0.255 e. The molecule has 6 rings (SSSR count). The quantitative estimate of drug-likeness (QED) is 0.125. The number of nitrogens with one attached hydrogen (secondary N) is 2. The van der Waals surface area contributed by atoms with Crippen LogP contribution in [0.15, 0.2) is 71.9 Å². The van der Waals surface area contributed by atoms with Gasteiger partial charge in [0.1, 0.15) is 6.17 Å². The molecule has 2 unspecified atom stereocenters. The van der Waals surface area contributed by atoms with Gasteiger partial charge >= 0.3 is 0 Å². The molecule has 12 nitrogen and oxygen atoms in total. The van der Waals surface area contributed by atoms with E-state index in [1.165, 1.54) is 0 Å². The number of nitrogens with zero attached hydrogens (tertiary/aromatic N) is 1. The van der Waals surface area contributed by atoms with Crippen LogP contribution in [0.25, 0.3) is 0 Å². The number of oxime groups is 1. The average Bonchev–Trinajstić information content (AvgIpc) is 3.66. The zero-order chi connectivity index (χ0) is 35.9. The van der Waals surface area contributed by atoms with E-state index in [0.717, 1.165) is 46.5 Å². The van der Waals surface area contributed by atoms with Crippen LogP contribution in [0.1, 0.15) is 64.1 Å². The van der Waals surface area contributed by atoms with Crippen LogP contribution in [0.4, 0.5) is 5.69 Å². The summed E-state index contributed by atoms with van der Waals surface area (Å²) in [5.41, 5.74) is 5.82. The van der Waals surface area contributed by atoms with E-state index in [0.29, 0.717) is 65.4 Å². The molecule has 0 aliphatic carbocycles. The highest BCUT2D eigenvalue weighted by molar-refractivity contribution is 6.03. The van der Waals surface area contributed by atoms with Crippen LogP contribution < -0.4 is 43.8 Å². The highest BCUT2D eigenvalue weighted by Crippen LogP contribution is 2.41. The van der Waals surface area contributed by atoms with E-state index in [9.17, 15) is 4.79 Å². The number of unbranched alkanes of at least 4 members (excludes halogenated alkanes) is 1. The molecular formula is C39H43N3O9. The van der Waals surface area contributed by atoms with Crippen molar-refractivity contribution in [2.24, 2.45) is 5.16 Å². The summed E-state index contributed by atoms with van der Waals surface area (Å²) in [7, 11) is 7.95. The lowest BCUT2D eigenvalue weighted by Gasteiger charge is -2.28. The molecule has 2 atom stereocenters. The Labute approximate surface area is 297 Å². The van der Waals surface area contributed by atoms with Crippen molar-refractivity contribution >= 4 is 17.3 Å². The number of carbonyl (C=O) groups is 1. The first kappa shape index (κ1) is 35.1. The number of amides is 1. The van der Waals surface area contributed by atoms with Gasteiger partial charge in [-0.1, -0.05) is 28.9 Å². The minimum atomic E-state index is -0.389. The number of hydrogen-bond donors (Lipinski definition) is 2. The average molecular weight is 700 g/mol. The summed E-state index contributed by atoms with van der Waals surface area (Å²) >= 11 is 0. The molecule has 0 saturated carbocycles. The predicted octanol–water partition coefficient (Wildman–Crippen LogP) is 7.00. The molecule has 0 spiro atoms. The fraction of sp³-hybridized carbons (Fsp3) is 0.333. The standard InChI is InChI=1S/C39H43N3O9/c1-23-9-12-28-27(17-23)39(43)41-38(40-28)25-11-14-31(33(19-25)45-3)49-15-7-8-16-50-34-18-24(10-13-30(34)44-2)32-22-29(42-51-32)26-20-35(46-4)37(48-6)36(21-26)47-5/h9-14,17-21,32,38,40H,7-8,15-16,22H2,1-6H3,(H,41,43)/i38+2. The maximum absolute atomic E-state index is 12.7. The van der Waals surface area contributed by atoms with E-state index in [4.69, 9.17) is 38.0 Å². The molecule has 0 radical (unpaired) electrons. The highest BCUT2D eigenvalue weighted by Gasteiger charge is 2.28. The molecule has 0 aromatic heterocycles. The Hall–Kier alpha value is -5.78. The van der Waals surface area contributed by atoms with Crippen molar-refractivity contribution in [1.29, 1.82) is 0 Å². The second kappa shape index (κ2) is 15.8. The van der Waals surface area contributed by atoms with Crippen molar-refractivity contribution in [3.8, 4) is 40.2 Å². The van der Waals surface area contributed by atoms with Gasteiger partial charge in [-0.05, 0) is 79.4 Å². The molecule has 2 heterocycles. The summed E-state index contributed by atoms with van der Waals surface area (Å²) in [4.78, 5) is 18.6. The summed E-state index contributed by atoms with van der Waals surface area (Å²) in [5.74, 6) is 3.96. The SMILES string of the molecule is COc1cc([14CH]2NC(=O)c3cc(C)ccc3N2)ccc1OCCCCOc1cc(C2CC(c3cc(OC)c(OC)c(OC)c3)=NO2)ccc1OC. The highest BCUT2D eigenvalue weighted by atomic mass is 16.6. The van der Waals surface area contributed by atoms with Crippen molar-refractivity contribution in [2.45, 2.75) is 38.5 Å². The van der Waals surface area contributed by atoms with Crippen LogP contribution >= 0.6 is 0 Å². The number of benzene rings is 4. The second-order valence-electron chi connectivity index (χ2n) is 12.1. The van der Waals surface area contributed by atoms with Gasteiger partial charge in [0, 0.05) is 17.7 Å². The molecule has 51 heavy (non-hydrogen) atoms. The van der Waals surface area contributed by atoms with Gasteiger partial charge in [-0.3, -0.25) is 4.79 Å². The molecular weight excluding hydrogens is 656 g/mol. The molecule has 4 aromatic rings. The Morgan fingerprint density at radius 1 is 0.725 bits per heavy atom. The lowest BCUT2D eigenvalue weighted by atomic mass is 9.99. The molecule has 2 N–H and O–H groups in total. The van der Waals surface area contributed by atoms with Crippen LogP contribution in [0, 0.1) is 6.92 Å². The number of anilines is 1. The molecule has 4 aromatic carbocycles. The third kappa shape index (κ3) is 7.69. The zero-order valence-corrected chi connectivity index (χ0v) is 29.7. The summed E-state index contributed by atoms with van der Waals surface area (Å²) in [6.45, 7) is 2.90. The molecule has 0 fully saturated rings. The second-order valence-corrected chi connectivity index (χ2v) is 12.1. The topological polar surface area (TPSA) is 127 Å². The van der Waals surface area contributed by atoms with Gasteiger partial charge in [0.05, 0.1) is 60.0 Å². The first-order valence-corrected chi connectivity index (χ1v) is 16.7. The van der Waals surface area contributed by atoms with Crippen LogP contribution in [0.3, 0.4) is 0 Å². The van der Waals surface area contributed by atoms with Crippen molar-refractivity contribution in [3.05, 3.63) is 94.5 Å². The molecule has 2 aliphatic rings. The first-order valence-electron chi connectivity index (χ1n) is 16.7. The predicted molar refractivity (Wildman–Crippen MR) is 192 cm³/mol. The monoisotopic (exact) mass is 699 g/mol. The number of hydrogen-bond acceptors (Lipinski definition) is 11. The van der Waals surface area contributed by atoms with Gasteiger partial charge in [0.25, 0.3) is 5.91 Å². The van der Waals surface area contributed by atoms with Crippen LogP contribution in [-0.4, -0.2) is 60.4 Å². The normalized spacial score (nSPS) is 16.1. The van der Waals surface area contributed by atoms with Gasteiger partial charge in [0.15, 0.2) is 40.6 Å². The van der Waals surface area contributed by atoms with Gasteiger partial charge in [-0.25, -0.2) is 0 Å². The fourth-order valence-corrected chi connectivity index (χ4v) is 6.07. The minimum absolute atomic E-state index is 0.120. The number of ether oxygens (including phenoxy) is 7. The minimum Gasteiger partial charge on any atom is -0.493 e. The Bertz CT molecular complexity index is 1890. The third-order valence-electron chi connectivity index (χ3n) is 8.80. The van der Waals surface area contributed by atoms with E-state index in [1.807, 2.05) is 73.7 Å². The lowest BCUT2D eigenvalue weighted by molar-refractivity contribution is 0.0854. The van der Waals surface area contributed by atoms with Gasteiger partial charge in [-0.2, -0.15) is 0 Å². The first-order chi connectivity index (χ1) is 24.8. The molecule has 12 heteroatoms. The summed E-state index contributed by atoms with van der Waals surface area (Å²) in [5, 5.41) is 10.8. The zero-order valence-electron chi connectivity index (χ0n) is 29.7. The Balaban J connectivity index is 1.01. The van der Waals surface area contributed by atoms with E-state index in [1.54, 1.807) is 35.5 Å². The Morgan fingerprint density at radius 3 is 2.10 bits per heavy atom. The van der Waals surface area contributed by atoms with Crippen molar-refractivity contribution in [2.75, 3.05) is 54.1 Å². The fourth-order valence-electron chi connectivity index (χ4n) is 6.07. The molecule has 2 aliphatic heterocycles. The maximum Gasteiger partial charge on any atom is 0.255 e. The van der Waals surface area contributed by atoms with E-state index >= 15 is 0 Å². The van der Waals surface area contributed by atoms with Crippen molar-refractivity contribution < 1.29 is 42.8 Å². The molecule has 0 saturated heterocycles. The Morgan fingerprint density at radius 2 is 1.41 bits per heavy atom. The Kier molecular flexibility index (Phi) is 10.9. The van der Waals surface area contributed by atoms with Gasteiger partial charge in [0.2, 0.25) is 5.75 Å². The van der Waals surface area contributed by atoms with Crippen LogP contribution in [0.5, 0.6) is 40.2 Å². The molecule has 1 amide bonds. The maximum atomic E-state index is 12.7. The number of methoxy groups -OCH3 is 5.